The monoisotopic (exact) mass is 334 g/mol. The van der Waals surface area contributed by atoms with Crippen LogP contribution in [-0.4, -0.2) is 46.6 Å². The van der Waals surface area contributed by atoms with E-state index in [1.807, 2.05) is 20.8 Å². The lowest BCUT2D eigenvalue weighted by molar-refractivity contribution is 0.0473. The number of anilines is 1. The van der Waals surface area contributed by atoms with Gasteiger partial charge in [0.05, 0.1) is 11.3 Å². The maximum absolute atomic E-state index is 12.6. The highest BCUT2D eigenvalue weighted by Crippen LogP contribution is 2.17. The van der Waals surface area contributed by atoms with E-state index in [1.165, 1.54) is 0 Å². The summed E-state index contributed by atoms with van der Waals surface area (Å²) in [5, 5.41) is 2.87. The maximum atomic E-state index is 12.6. The highest BCUT2D eigenvalue weighted by atomic mass is 16.6. The summed E-state index contributed by atoms with van der Waals surface area (Å²) in [6, 6.07) is 3.37. The molecule has 2 heterocycles. The first-order chi connectivity index (χ1) is 11.2. The third-order valence-electron chi connectivity index (χ3n) is 3.84. The van der Waals surface area contributed by atoms with Crippen molar-refractivity contribution >= 4 is 17.8 Å². The second-order valence-corrected chi connectivity index (χ2v) is 7.08. The molecule has 2 rings (SSSR count). The van der Waals surface area contributed by atoms with Gasteiger partial charge in [-0.25, -0.2) is 9.78 Å². The van der Waals surface area contributed by atoms with Gasteiger partial charge < -0.3 is 20.7 Å². The van der Waals surface area contributed by atoms with Crippen molar-refractivity contribution in [3.63, 3.8) is 0 Å². The first kappa shape index (κ1) is 18.0. The van der Waals surface area contributed by atoms with E-state index in [-0.39, 0.29) is 11.9 Å². The quantitative estimate of drug-likeness (QED) is 0.863. The van der Waals surface area contributed by atoms with E-state index in [0.29, 0.717) is 43.0 Å². The molecule has 2 amide bonds. The van der Waals surface area contributed by atoms with Crippen molar-refractivity contribution in [1.29, 1.82) is 0 Å². The molecule has 0 radical (unpaired) electrons. The third-order valence-corrected chi connectivity index (χ3v) is 3.84. The van der Waals surface area contributed by atoms with Gasteiger partial charge in [0.25, 0.3) is 5.91 Å². The Morgan fingerprint density at radius 2 is 1.92 bits per heavy atom. The van der Waals surface area contributed by atoms with E-state index in [1.54, 1.807) is 24.0 Å². The van der Waals surface area contributed by atoms with E-state index >= 15 is 0 Å². The fourth-order valence-electron chi connectivity index (χ4n) is 2.68. The standard InChI is InChI=1S/C17H26N4O3/c1-11-13(5-6-14(18)19-11)15(22)21-9-7-12(8-10-21)20-16(23)24-17(2,3)4/h5-6,12H,7-10H2,1-4H3,(H2,18,19)(H,20,23). The second-order valence-electron chi connectivity index (χ2n) is 7.08. The van der Waals surface area contributed by atoms with Crippen LogP contribution in [-0.2, 0) is 4.74 Å². The Morgan fingerprint density at radius 1 is 1.29 bits per heavy atom. The molecule has 3 N–H and O–H groups in total. The number of aryl methyl sites for hydroxylation is 1. The van der Waals surface area contributed by atoms with Crippen molar-refractivity contribution in [2.75, 3.05) is 18.8 Å². The number of nitrogens with zero attached hydrogens (tertiary/aromatic N) is 2. The first-order valence-corrected chi connectivity index (χ1v) is 8.17. The van der Waals surface area contributed by atoms with Crippen LogP contribution in [0.5, 0.6) is 0 Å². The van der Waals surface area contributed by atoms with Gasteiger partial charge in [0.2, 0.25) is 0 Å². The van der Waals surface area contributed by atoms with Gasteiger partial charge in [0, 0.05) is 19.1 Å². The predicted molar refractivity (Wildman–Crippen MR) is 91.7 cm³/mol. The summed E-state index contributed by atoms with van der Waals surface area (Å²) in [7, 11) is 0. The van der Waals surface area contributed by atoms with E-state index in [9.17, 15) is 9.59 Å². The van der Waals surface area contributed by atoms with Crippen LogP contribution < -0.4 is 11.1 Å². The van der Waals surface area contributed by atoms with Gasteiger partial charge >= 0.3 is 6.09 Å². The number of aromatic nitrogens is 1. The lowest BCUT2D eigenvalue weighted by Crippen LogP contribution is -2.47. The van der Waals surface area contributed by atoms with Gasteiger partial charge in [-0.3, -0.25) is 4.79 Å². The molecule has 1 aliphatic rings. The molecular weight excluding hydrogens is 308 g/mol. The van der Waals surface area contributed by atoms with Crippen LogP contribution in [0.15, 0.2) is 12.1 Å². The number of ether oxygens (including phenoxy) is 1. The summed E-state index contributed by atoms with van der Waals surface area (Å²) >= 11 is 0. The lowest BCUT2D eigenvalue weighted by Gasteiger charge is -2.33. The zero-order valence-electron chi connectivity index (χ0n) is 14.8. The van der Waals surface area contributed by atoms with Crippen molar-refractivity contribution in [3.8, 4) is 0 Å². The number of piperidine rings is 1. The summed E-state index contributed by atoms with van der Waals surface area (Å²) in [5.41, 5.74) is 6.32. The molecule has 1 aliphatic heterocycles. The number of pyridine rings is 1. The molecular formula is C17H26N4O3. The predicted octanol–water partition coefficient (Wildman–Crippen LogP) is 2.10. The van der Waals surface area contributed by atoms with E-state index in [0.717, 1.165) is 0 Å². The molecule has 0 aromatic carbocycles. The largest absolute Gasteiger partial charge is 0.444 e. The van der Waals surface area contributed by atoms with E-state index in [2.05, 4.69) is 10.3 Å². The molecule has 0 spiro atoms. The van der Waals surface area contributed by atoms with E-state index in [4.69, 9.17) is 10.5 Å². The van der Waals surface area contributed by atoms with Crippen molar-refractivity contribution < 1.29 is 14.3 Å². The smallest absolute Gasteiger partial charge is 0.407 e. The lowest BCUT2D eigenvalue weighted by atomic mass is 10.0. The molecule has 1 fully saturated rings. The van der Waals surface area contributed by atoms with Crippen LogP contribution in [0, 0.1) is 6.92 Å². The molecule has 0 bridgehead atoms. The molecule has 0 saturated carbocycles. The van der Waals surface area contributed by atoms with Crippen LogP contribution in [0.25, 0.3) is 0 Å². The minimum absolute atomic E-state index is 0.0227. The highest BCUT2D eigenvalue weighted by molar-refractivity contribution is 5.95. The molecule has 1 aromatic rings. The summed E-state index contributed by atoms with van der Waals surface area (Å²) in [5.74, 6) is 0.361. The number of nitrogens with two attached hydrogens (primary N) is 1. The van der Waals surface area contributed by atoms with Crippen molar-refractivity contribution in [2.45, 2.75) is 52.2 Å². The van der Waals surface area contributed by atoms with E-state index < -0.39 is 11.7 Å². The van der Waals surface area contributed by atoms with Crippen LogP contribution in [0.1, 0.15) is 49.7 Å². The van der Waals surface area contributed by atoms with Gasteiger partial charge in [0.1, 0.15) is 11.4 Å². The van der Waals surface area contributed by atoms with Crippen molar-refractivity contribution in [1.82, 2.24) is 15.2 Å². The molecule has 7 heteroatoms. The summed E-state index contributed by atoms with van der Waals surface area (Å²) in [6.45, 7) is 8.44. The Bertz CT molecular complexity index is 617. The second kappa shape index (κ2) is 7.07. The average molecular weight is 334 g/mol. The molecule has 132 valence electrons. The molecule has 1 aromatic heterocycles. The Labute approximate surface area is 142 Å². The minimum Gasteiger partial charge on any atom is -0.444 e. The molecule has 0 atom stereocenters. The Kier molecular flexibility index (Phi) is 5.31. The molecule has 1 saturated heterocycles. The van der Waals surface area contributed by atoms with Crippen LogP contribution in [0.2, 0.25) is 0 Å². The minimum atomic E-state index is -0.513. The fourth-order valence-corrected chi connectivity index (χ4v) is 2.68. The average Bonchev–Trinajstić information content (AvgIpc) is 2.45. The third kappa shape index (κ3) is 4.84. The van der Waals surface area contributed by atoms with Crippen molar-refractivity contribution in [2.24, 2.45) is 0 Å². The number of hydrogen-bond acceptors (Lipinski definition) is 5. The highest BCUT2D eigenvalue weighted by Gasteiger charge is 2.27. The van der Waals surface area contributed by atoms with Crippen molar-refractivity contribution in [3.05, 3.63) is 23.4 Å². The fraction of sp³-hybridized carbons (Fsp3) is 0.588. The van der Waals surface area contributed by atoms with Gasteiger partial charge in [-0.1, -0.05) is 0 Å². The topological polar surface area (TPSA) is 97.5 Å². The first-order valence-electron chi connectivity index (χ1n) is 8.17. The van der Waals surface area contributed by atoms with Crippen LogP contribution in [0.3, 0.4) is 0 Å². The molecule has 24 heavy (non-hydrogen) atoms. The van der Waals surface area contributed by atoms with Gasteiger partial charge in [-0.15, -0.1) is 0 Å². The number of nitrogens with one attached hydrogen (secondary N) is 1. The van der Waals surface area contributed by atoms with Gasteiger partial charge in [-0.05, 0) is 52.7 Å². The normalized spacial score (nSPS) is 15.9. The summed E-state index contributed by atoms with van der Waals surface area (Å²) < 4.78 is 5.26. The molecule has 0 unspecified atom stereocenters. The summed E-state index contributed by atoms with van der Waals surface area (Å²) in [6.07, 6.45) is 0.990. The number of nitrogen functional groups attached to an aromatic ring is 1. The number of carbonyl (C=O) groups is 2. The molecule has 7 nitrogen and oxygen atoms in total. The number of alkyl carbamates (subject to hydrolysis) is 1. The number of hydrogen-bond donors (Lipinski definition) is 2. The van der Waals surface area contributed by atoms with Gasteiger partial charge in [0.15, 0.2) is 0 Å². The number of likely N-dealkylation sites (tertiary alicyclic amines) is 1. The Morgan fingerprint density at radius 3 is 2.46 bits per heavy atom. The number of amides is 2. The number of carbonyl (C=O) groups excluding carboxylic acids is 2. The Balaban J connectivity index is 1.88. The summed E-state index contributed by atoms with van der Waals surface area (Å²) in [4.78, 5) is 30.3. The van der Waals surface area contributed by atoms with Crippen LogP contribution >= 0.6 is 0 Å². The zero-order valence-corrected chi connectivity index (χ0v) is 14.8. The Hall–Kier alpha value is -2.31. The number of rotatable bonds is 2. The van der Waals surface area contributed by atoms with Gasteiger partial charge in [-0.2, -0.15) is 0 Å². The zero-order chi connectivity index (χ0) is 17.9. The maximum Gasteiger partial charge on any atom is 0.407 e. The molecule has 0 aliphatic carbocycles. The SMILES string of the molecule is Cc1nc(N)ccc1C(=O)N1CCC(NC(=O)OC(C)(C)C)CC1. The van der Waals surface area contributed by atoms with Crippen LogP contribution in [0.4, 0.5) is 10.6 Å².